The number of benzene rings is 1. The van der Waals surface area contributed by atoms with Gasteiger partial charge >= 0.3 is 17.7 Å². The quantitative estimate of drug-likeness (QED) is 0.385. The van der Waals surface area contributed by atoms with Crippen molar-refractivity contribution in [2.75, 3.05) is 12.4 Å². The van der Waals surface area contributed by atoms with Gasteiger partial charge in [-0.05, 0) is 32.9 Å². The Kier molecular flexibility index (Phi) is 7.46. The number of carbonyl (C=O) groups is 2. The minimum Gasteiger partial charge on any atom is -0.467 e. The molecule has 0 bridgehead atoms. The Morgan fingerprint density at radius 3 is 2.45 bits per heavy atom. The number of ether oxygens (including phenoxy) is 2. The van der Waals surface area contributed by atoms with Crippen molar-refractivity contribution in [2.24, 2.45) is 0 Å². The molecule has 11 heteroatoms. The van der Waals surface area contributed by atoms with Gasteiger partial charge < -0.3 is 20.1 Å². The van der Waals surface area contributed by atoms with E-state index >= 15 is 0 Å². The SMILES string of the molecule is COC(=O)C(Nc1ncccc1[N+](=O)[O-])C(NC(=O)OC(C)(C)C)c1ccccc1F. The van der Waals surface area contributed by atoms with E-state index < -0.39 is 46.2 Å². The van der Waals surface area contributed by atoms with E-state index in [0.29, 0.717) is 0 Å². The van der Waals surface area contributed by atoms with Crippen molar-refractivity contribution >= 4 is 23.6 Å². The van der Waals surface area contributed by atoms with Crippen LogP contribution in [-0.2, 0) is 14.3 Å². The number of aromatic nitrogens is 1. The van der Waals surface area contributed by atoms with Gasteiger partial charge in [0, 0.05) is 17.8 Å². The molecule has 2 unspecified atom stereocenters. The molecular formula is C20H23FN4O6. The van der Waals surface area contributed by atoms with Gasteiger partial charge in [0.25, 0.3) is 0 Å². The maximum atomic E-state index is 14.6. The van der Waals surface area contributed by atoms with Crippen LogP contribution in [0.4, 0.5) is 20.7 Å². The van der Waals surface area contributed by atoms with Gasteiger partial charge in [-0.2, -0.15) is 0 Å². The van der Waals surface area contributed by atoms with Crippen molar-refractivity contribution in [2.45, 2.75) is 38.5 Å². The predicted octanol–water partition coefficient (Wildman–Crippen LogP) is 3.35. The van der Waals surface area contributed by atoms with E-state index in [9.17, 15) is 24.1 Å². The third kappa shape index (κ3) is 6.36. The smallest absolute Gasteiger partial charge is 0.408 e. The fraction of sp³-hybridized carbons (Fsp3) is 0.350. The number of halogens is 1. The fourth-order valence-electron chi connectivity index (χ4n) is 2.71. The number of alkyl carbamates (subject to hydrolysis) is 1. The molecule has 2 aromatic rings. The number of esters is 1. The van der Waals surface area contributed by atoms with Crippen molar-refractivity contribution in [1.29, 1.82) is 0 Å². The van der Waals surface area contributed by atoms with Crippen molar-refractivity contribution < 1.29 is 28.4 Å². The van der Waals surface area contributed by atoms with Gasteiger partial charge in [0.2, 0.25) is 5.82 Å². The van der Waals surface area contributed by atoms with Gasteiger partial charge in [0.1, 0.15) is 11.4 Å². The van der Waals surface area contributed by atoms with Crippen molar-refractivity contribution in [3.63, 3.8) is 0 Å². The van der Waals surface area contributed by atoms with Crippen LogP contribution in [0.15, 0.2) is 42.6 Å². The zero-order valence-corrected chi connectivity index (χ0v) is 17.4. The van der Waals surface area contributed by atoms with Crippen LogP contribution in [0, 0.1) is 15.9 Å². The van der Waals surface area contributed by atoms with E-state index in [-0.39, 0.29) is 11.4 Å². The highest BCUT2D eigenvalue weighted by molar-refractivity contribution is 5.82. The van der Waals surface area contributed by atoms with Crippen LogP contribution in [0.5, 0.6) is 0 Å². The highest BCUT2D eigenvalue weighted by Gasteiger charge is 2.36. The van der Waals surface area contributed by atoms with Crippen LogP contribution in [0.2, 0.25) is 0 Å². The van der Waals surface area contributed by atoms with Crippen LogP contribution >= 0.6 is 0 Å². The molecule has 31 heavy (non-hydrogen) atoms. The molecule has 1 amide bonds. The Morgan fingerprint density at radius 2 is 1.87 bits per heavy atom. The Labute approximate surface area is 177 Å². The Balaban J connectivity index is 2.52. The molecule has 0 saturated heterocycles. The van der Waals surface area contributed by atoms with Gasteiger partial charge in [-0.25, -0.2) is 19.0 Å². The fourth-order valence-corrected chi connectivity index (χ4v) is 2.71. The van der Waals surface area contributed by atoms with E-state index in [2.05, 4.69) is 15.6 Å². The summed E-state index contributed by atoms with van der Waals surface area (Å²) in [4.78, 5) is 39.6. The lowest BCUT2D eigenvalue weighted by Crippen LogP contribution is -2.47. The minimum absolute atomic E-state index is 0.0603. The average Bonchev–Trinajstić information content (AvgIpc) is 2.69. The highest BCUT2D eigenvalue weighted by atomic mass is 19.1. The average molecular weight is 434 g/mol. The lowest BCUT2D eigenvalue weighted by Gasteiger charge is -2.29. The number of methoxy groups -OCH3 is 1. The number of rotatable bonds is 7. The second-order valence-corrected chi connectivity index (χ2v) is 7.42. The largest absolute Gasteiger partial charge is 0.467 e. The minimum atomic E-state index is -1.47. The van der Waals surface area contributed by atoms with E-state index in [1.807, 2.05) is 0 Å². The summed E-state index contributed by atoms with van der Waals surface area (Å²) in [6, 6.07) is 5.19. The van der Waals surface area contributed by atoms with Crippen LogP contribution in [0.3, 0.4) is 0 Å². The highest BCUT2D eigenvalue weighted by Crippen LogP contribution is 2.28. The molecule has 2 atom stereocenters. The summed E-state index contributed by atoms with van der Waals surface area (Å²) < 4.78 is 24.6. The second kappa shape index (κ2) is 9.83. The van der Waals surface area contributed by atoms with Gasteiger partial charge in [0.05, 0.1) is 18.1 Å². The molecule has 0 aliphatic rings. The van der Waals surface area contributed by atoms with E-state index in [0.717, 1.165) is 13.2 Å². The zero-order chi connectivity index (χ0) is 23.2. The lowest BCUT2D eigenvalue weighted by atomic mass is 9.98. The van der Waals surface area contributed by atoms with E-state index in [1.165, 1.54) is 36.5 Å². The van der Waals surface area contributed by atoms with E-state index in [4.69, 9.17) is 9.47 Å². The molecule has 1 aromatic carbocycles. The van der Waals surface area contributed by atoms with Crippen LogP contribution in [0.25, 0.3) is 0 Å². The summed E-state index contributed by atoms with van der Waals surface area (Å²) in [5.74, 6) is -1.88. The van der Waals surface area contributed by atoms with Crippen molar-refractivity contribution in [3.05, 3.63) is 64.1 Å². The molecule has 2 rings (SSSR count). The topological polar surface area (TPSA) is 133 Å². The maximum absolute atomic E-state index is 14.6. The van der Waals surface area contributed by atoms with Gasteiger partial charge in [0.15, 0.2) is 6.04 Å². The second-order valence-electron chi connectivity index (χ2n) is 7.42. The zero-order valence-electron chi connectivity index (χ0n) is 17.4. The first-order valence-corrected chi connectivity index (χ1v) is 9.21. The molecule has 0 fully saturated rings. The molecule has 2 N–H and O–H groups in total. The van der Waals surface area contributed by atoms with E-state index in [1.54, 1.807) is 20.8 Å². The molecular weight excluding hydrogens is 411 g/mol. The van der Waals surface area contributed by atoms with Crippen molar-refractivity contribution in [1.82, 2.24) is 10.3 Å². The predicted molar refractivity (Wildman–Crippen MR) is 109 cm³/mol. The summed E-state index contributed by atoms with van der Waals surface area (Å²) in [6.07, 6.45) is 0.357. The number of nitro groups is 1. The number of hydrogen-bond acceptors (Lipinski definition) is 8. The summed E-state index contributed by atoms with van der Waals surface area (Å²) in [5, 5.41) is 16.4. The summed E-state index contributed by atoms with van der Waals surface area (Å²) >= 11 is 0. The summed E-state index contributed by atoms with van der Waals surface area (Å²) in [5.41, 5.74) is -1.34. The number of anilines is 1. The van der Waals surface area contributed by atoms with Gasteiger partial charge in [-0.15, -0.1) is 0 Å². The number of nitrogens with zero attached hydrogens (tertiary/aromatic N) is 2. The molecule has 10 nitrogen and oxygen atoms in total. The van der Waals surface area contributed by atoms with Crippen LogP contribution in [0.1, 0.15) is 32.4 Å². The molecule has 1 aromatic heterocycles. The number of carbonyl (C=O) groups excluding carboxylic acids is 2. The Morgan fingerprint density at radius 1 is 1.19 bits per heavy atom. The normalized spacial score (nSPS) is 12.9. The molecule has 166 valence electrons. The summed E-state index contributed by atoms with van der Waals surface area (Å²) in [6.45, 7) is 4.91. The molecule has 0 saturated carbocycles. The number of amides is 1. The third-order valence-electron chi connectivity index (χ3n) is 3.98. The number of hydrogen-bond donors (Lipinski definition) is 2. The first kappa shape index (κ1) is 23.5. The maximum Gasteiger partial charge on any atom is 0.408 e. The molecule has 1 heterocycles. The monoisotopic (exact) mass is 434 g/mol. The van der Waals surface area contributed by atoms with Crippen LogP contribution in [-0.4, -0.2) is 40.7 Å². The van der Waals surface area contributed by atoms with Crippen molar-refractivity contribution in [3.8, 4) is 0 Å². The number of pyridine rings is 1. The first-order valence-electron chi connectivity index (χ1n) is 9.21. The van der Waals surface area contributed by atoms with Gasteiger partial charge in [-0.3, -0.25) is 10.1 Å². The van der Waals surface area contributed by atoms with Gasteiger partial charge in [-0.1, -0.05) is 18.2 Å². The summed E-state index contributed by atoms with van der Waals surface area (Å²) in [7, 11) is 1.09. The third-order valence-corrected chi connectivity index (χ3v) is 3.98. The molecule has 0 aliphatic carbocycles. The Hall–Kier alpha value is -3.76. The molecule has 0 aliphatic heterocycles. The first-order chi connectivity index (χ1) is 14.5. The standard InChI is InChI=1S/C20H23FN4O6/c1-20(2,3)31-19(27)24-15(12-8-5-6-9-13(12)21)16(18(26)30-4)23-17-14(25(28)29)10-7-11-22-17/h5-11,15-16H,1-4H3,(H,22,23)(H,24,27). The lowest BCUT2D eigenvalue weighted by molar-refractivity contribution is -0.384. The molecule has 0 spiro atoms. The molecule has 0 radical (unpaired) electrons. The Bertz CT molecular complexity index is 963. The van der Waals surface area contributed by atoms with Crippen LogP contribution < -0.4 is 10.6 Å². The number of nitrogens with one attached hydrogen (secondary N) is 2.